The fraction of sp³-hybridized carbons (Fsp3) is 0.700. The highest BCUT2D eigenvalue weighted by Crippen LogP contribution is 2.05. The molecule has 0 aliphatic rings. The molecule has 0 spiro atoms. The van der Waals surface area contributed by atoms with Crippen molar-refractivity contribution in [3.05, 3.63) is 0 Å². The van der Waals surface area contributed by atoms with Gasteiger partial charge in [0.15, 0.2) is 0 Å². The summed E-state index contributed by atoms with van der Waals surface area (Å²) in [5.41, 5.74) is 4.33. The van der Waals surface area contributed by atoms with E-state index in [0.717, 1.165) is 0 Å². The van der Waals surface area contributed by atoms with Crippen molar-refractivity contribution < 1.29 is 19.1 Å². The average molecular weight is 245 g/mol. The maximum Gasteiger partial charge on any atom is 0.408 e. The minimum absolute atomic E-state index is 0.271. The summed E-state index contributed by atoms with van der Waals surface area (Å²) in [6.45, 7) is 6.31. The average Bonchev–Trinajstić information content (AvgIpc) is 2.11. The van der Waals surface area contributed by atoms with Crippen LogP contribution in [-0.4, -0.2) is 36.1 Å². The quantitative estimate of drug-likeness (QED) is 0.620. The third kappa shape index (κ3) is 8.06. The molecule has 0 aliphatic heterocycles. The number of nitrogens with two attached hydrogens (primary N) is 1. The number of alkyl carbamates (subject to hydrolysis) is 1. The first-order valence-corrected chi connectivity index (χ1v) is 5.17. The Bertz CT molecular complexity index is 309. The fourth-order valence-corrected chi connectivity index (χ4v) is 0.830. The van der Waals surface area contributed by atoms with Crippen LogP contribution in [0.4, 0.5) is 4.79 Å². The summed E-state index contributed by atoms with van der Waals surface area (Å²) in [5.74, 6) is -1.15. The van der Waals surface area contributed by atoms with Gasteiger partial charge in [0.1, 0.15) is 18.2 Å². The van der Waals surface area contributed by atoms with Crippen molar-refractivity contribution in [1.29, 1.82) is 0 Å². The third-order valence-electron chi connectivity index (χ3n) is 1.60. The zero-order chi connectivity index (χ0) is 13.6. The minimum atomic E-state index is -0.775. The molecule has 1 unspecified atom stereocenters. The fourth-order valence-electron chi connectivity index (χ4n) is 0.830. The molecular formula is C10H19N3O4. The highest BCUT2D eigenvalue weighted by atomic mass is 16.6. The Hall–Kier alpha value is -1.79. The van der Waals surface area contributed by atoms with Crippen molar-refractivity contribution in [3.63, 3.8) is 0 Å². The number of primary amides is 1. The SMILES string of the molecule is CC(NC(=O)CNC(=O)OC(C)(C)C)C(N)=O. The van der Waals surface area contributed by atoms with Gasteiger partial charge in [-0.3, -0.25) is 9.59 Å². The summed E-state index contributed by atoms with van der Waals surface area (Å²) in [7, 11) is 0. The summed E-state index contributed by atoms with van der Waals surface area (Å²) in [6.07, 6.45) is -0.695. The van der Waals surface area contributed by atoms with E-state index in [1.807, 2.05) is 0 Å². The van der Waals surface area contributed by atoms with E-state index in [0.29, 0.717) is 0 Å². The minimum Gasteiger partial charge on any atom is -0.444 e. The van der Waals surface area contributed by atoms with Gasteiger partial charge in [-0.2, -0.15) is 0 Å². The normalized spacial score (nSPS) is 12.5. The molecule has 7 nitrogen and oxygen atoms in total. The number of rotatable bonds is 4. The zero-order valence-electron chi connectivity index (χ0n) is 10.5. The van der Waals surface area contributed by atoms with Crippen LogP contribution in [0, 0.1) is 0 Å². The second kappa shape index (κ2) is 6.07. The van der Waals surface area contributed by atoms with Gasteiger partial charge in [0.2, 0.25) is 11.8 Å². The number of nitrogens with one attached hydrogen (secondary N) is 2. The van der Waals surface area contributed by atoms with Crippen LogP contribution in [0.15, 0.2) is 0 Å². The van der Waals surface area contributed by atoms with E-state index in [1.165, 1.54) is 6.92 Å². The van der Waals surface area contributed by atoms with Crippen molar-refractivity contribution >= 4 is 17.9 Å². The van der Waals surface area contributed by atoms with Crippen LogP contribution < -0.4 is 16.4 Å². The number of hydrogen-bond donors (Lipinski definition) is 3. The van der Waals surface area contributed by atoms with E-state index < -0.39 is 29.6 Å². The molecule has 17 heavy (non-hydrogen) atoms. The van der Waals surface area contributed by atoms with Crippen LogP contribution in [0.1, 0.15) is 27.7 Å². The molecule has 7 heteroatoms. The highest BCUT2D eigenvalue weighted by Gasteiger charge is 2.17. The maximum absolute atomic E-state index is 11.2. The first-order valence-electron chi connectivity index (χ1n) is 5.17. The molecule has 0 radical (unpaired) electrons. The molecule has 0 heterocycles. The maximum atomic E-state index is 11.2. The van der Waals surface area contributed by atoms with Crippen LogP contribution in [0.5, 0.6) is 0 Å². The van der Waals surface area contributed by atoms with E-state index in [-0.39, 0.29) is 6.54 Å². The van der Waals surface area contributed by atoms with E-state index >= 15 is 0 Å². The summed E-state index contributed by atoms with van der Waals surface area (Å²) >= 11 is 0. The summed E-state index contributed by atoms with van der Waals surface area (Å²) in [6, 6.07) is -0.775. The number of amides is 3. The van der Waals surface area contributed by atoms with E-state index in [9.17, 15) is 14.4 Å². The van der Waals surface area contributed by atoms with Crippen molar-refractivity contribution in [2.75, 3.05) is 6.54 Å². The summed E-state index contributed by atoms with van der Waals surface area (Å²) in [4.78, 5) is 33.1. The lowest BCUT2D eigenvalue weighted by atomic mass is 10.2. The van der Waals surface area contributed by atoms with Crippen LogP contribution >= 0.6 is 0 Å². The molecule has 0 saturated carbocycles. The molecule has 98 valence electrons. The van der Waals surface area contributed by atoms with E-state index in [2.05, 4.69) is 10.6 Å². The van der Waals surface area contributed by atoms with Crippen molar-refractivity contribution in [3.8, 4) is 0 Å². The third-order valence-corrected chi connectivity index (χ3v) is 1.60. The highest BCUT2D eigenvalue weighted by molar-refractivity contribution is 5.88. The van der Waals surface area contributed by atoms with Gasteiger partial charge in [-0.25, -0.2) is 4.79 Å². The first kappa shape index (κ1) is 15.2. The molecule has 0 fully saturated rings. The monoisotopic (exact) mass is 245 g/mol. The number of hydrogen-bond acceptors (Lipinski definition) is 4. The predicted octanol–water partition coefficient (Wildman–Crippen LogP) is -0.499. The Balaban J connectivity index is 3.93. The molecule has 0 aliphatic carbocycles. The zero-order valence-corrected chi connectivity index (χ0v) is 10.5. The second-order valence-electron chi connectivity index (χ2n) is 4.55. The van der Waals surface area contributed by atoms with Crippen molar-refractivity contribution in [2.24, 2.45) is 5.73 Å². The van der Waals surface area contributed by atoms with Gasteiger partial charge < -0.3 is 21.1 Å². The lowest BCUT2D eigenvalue weighted by molar-refractivity contribution is -0.126. The molecule has 1 atom stereocenters. The molecule has 0 rings (SSSR count). The van der Waals surface area contributed by atoms with Gasteiger partial charge in [-0.1, -0.05) is 0 Å². The van der Waals surface area contributed by atoms with Gasteiger partial charge in [-0.15, -0.1) is 0 Å². The second-order valence-corrected chi connectivity index (χ2v) is 4.55. The van der Waals surface area contributed by atoms with Gasteiger partial charge in [0, 0.05) is 0 Å². The Morgan fingerprint density at radius 2 is 1.82 bits per heavy atom. The lowest BCUT2D eigenvalue weighted by Crippen LogP contribution is -2.46. The van der Waals surface area contributed by atoms with Crippen LogP contribution in [0.2, 0.25) is 0 Å². The van der Waals surface area contributed by atoms with Crippen LogP contribution in [-0.2, 0) is 14.3 Å². The Morgan fingerprint density at radius 1 is 1.29 bits per heavy atom. The number of carbonyl (C=O) groups excluding carboxylic acids is 3. The molecule has 3 amide bonds. The molecule has 0 aromatic rings. The summed E-state index contributed by atoms with van der Waals surface area (Å²) in [5, 5.41) is 4.57. The van der Waals surface area contributed by atoms with Crippen molar-refractivity contribution in [2.45, 2.75) is 39.3 Å². The Morgan fingerprint density at radius 3 is 2.24 bits per heavy atom. The smallest absolute Gasteiger partial charge is 0.408 e. The van der Waals surface area contributed by atoms with Gasteiger partial charge in [-0.05, 0) is 27.7 Å². The Labute approximate surface area is 100 Å². The first-order chi connectivity index (χ1) is 7.61. The van der Waals surface area contributed by atoms with E-state index in [1.54, 1.807) is 20.8 Å². The molecule has 0 aromatic heterocycles. The molecule has 4 N–H and O–H groups in total. The van der Waals surface area contributed by atoms with Gasteiger partial charge in [0.25, 0.3) is 0 Å². The van der Waals surface area contributed by atoms with Crippen LogP contribution in [0.25, 0.3) is 0 Å². The standard InChI is InChI=1S/C10H19N3O4/c1-6(8(11)15)13-7(14)5-12-9(16)17-10(2,3)4/h6H,5H2,1-4H3,(H2,11,15)(H,12,16)(H,13,14). The van der Waals surface area contributed by atoms with E-state index in [4.69, 9.17) is 10.5 Å². The molecule has 0 saturated heterocycles. The van der Waals surface area contributed by atoms with Crippen LogP contribution in [0.3, 0.4) is 0 Å². The topological polar surface area (TPSA) is 111 Å². The predicted molar refractivity (Wildman–Crippen MR) is 61.0 cm³/mol. The van der Waals surface area contributed by atoms with Gasteiger partial charge >= 0.3 is 6.09 Å². The van der Waals surface area contributed by atoms with Crippen molar-refractivity contribution in [1.82, 2.24) is 10.6 Å². The molecule has 0 aromatic carbocycles. The van der Waals surface area contributed by atoms with Gasteiger partial charge in [0.05, 0.1) is 0 Å². The summed E-state index contributed by atoms with van der Waals surface area (Å²) < 4.78 is 4.92. The number of ether oxygens (including phenoxy) is 1. The molecular weight excluding hydrogens is 226 g/mol. The Kier molecular flexibility index (Phi) is 5.43. The largest absolute Gasteiger partial charge is 0.444 e. The number of carbonyl (C=O) groups is 3. The lowest BCUT2D eigenvalue weighted by Gasteiger charge is -2.19. The molecule has 0 bridgehead atoms.